The number of aromatic nitrogens is 2. The van der Waals surface area contributed by atoms with Crippen LogP contribution in [-0.2, 0) is 16.1 Å². The summed E-state index contributed by atoms with van der Waals surface area (Å²) in [5, 5.41) is 11.1. The van der Waals surface area contributed by atoms with Gasteiger partial charge in [-0.25, -0.2) is 4.98 Å². The highest BCUT2D eigenvalue weighted by molar-refractivity contribution is 6.46. The lowest BCUT2D eigenvalue weighted by Crippen LogP contribution is -2.31. The molecular formula is C25H25N3O5. The van der Waals surface area contributed by atoms with E-state index in [2.05, 4.69) is 4.98 Å². The molecule has 1 atom stereocenters. The van der Waals surface area contributed by atoms with Gasteiger partial charge in [0.25, 0.3) is 11.7 Å². The molecule has 2 aromatic carbocycles. The molecule has 8 heteroatoms. The van der Waals surface area contributed by atoms with Gasteiger partial charge in [0.1, 0.15) is 17.3 Å². The fourth-order valence-electron chi connectivity index (χ4n) is 3.99. The summed E-state index contributed by atoms with van der Waals surface area (Å²) in [5.41, 5.74) is 1.22. The molecule has 1 unspecified atom stereocenters. The zero-order chi connectivity index (χ0) is 23.4. The predicted molar refractivity (Wildman–Crippen MR) is 122 cm³/mol. The third-order valence-electron chi connectivity index (χ3n) is 5.71. The molecule has 1 fully saturated rings. The van der Waals surface area contributed by atoms with Crippen LogP contribution < -0.4 is 9.47 Å². The molecule has 0 aliphatic carbocycles. The summed E-state index contributed by atoms with van der Waals surface area (Å²) in [4.78, 5) is 31.6. The largest absolute Gasteiger partial charge is 0.507 e. The Balaban J connectivity index is 1.72. The number of amides is 1. The second kappa shape index (κ2) is 9.60. The molecule has 1 saturated heterocycles. The number of methoxy groups -OCH3 is 2. The molecule has 4 rings (SSSR count). The predicted octanol–water partition coefficient (Wildman–Crippen LogP) is 3.41. The molecule has 0 spiro atoms. The second-order valence-electron chi connectivity index (χ2n) is 7.65. The number of carbonyl (C=O) groups is 2. The Bertz CT molecular complexity index is 1150. The number of nitrogens with zero attached hydrogens (tertiary/aromatic N) is 3. The van der Waals surface area contributed by atoms with Gasteiger partial charge in [-0.1, -0.05) is 12.1 Å². The van der Waals surface area contributed by atoms with Crippen LogP contribution in [0.2, 0.25) is 0 Å². The third-order valence-corrected chi connectivity index (χ3v) is 5.71. The zero-order valence-electron chi connectivity index (χ0n) is 18.5. The van der Waals surface area contributed by atoms with Crippen molar-refractivity contribution in [1.29, 1.82) is 0 Å². The van der Waals surface area contributed by atoms with E-state index in [9.17, 15) is 14.7 Å². The van der Waals surface area contributed by atoms with Crippen molar-refractivity contribution >= 4 is 17.4 Å². The summed E-state index contributed by atoms with van der Waals surface area (Å²) in [6.45, 7) is 0.996. The van der Waals surface area contributed by atoms with Gasteiger partial charge in [-0.15, -0.1) is 0 Å². The van der Waals surface area contributed by atoms with E-state index in [1.165, 1.54) is 4.90 Å². The quantitative estimate of drug-likeness (QED) is 0.323. The van der Waals surface area contributed by atoms with Gasteiger partial charge in [0.2, 0.25) is 0 Å². The van der Waals surface area contributed by atoms with Crippen LogP contribution in [0.4, 0.5) is 0 Å². The first-order valence-electron chi connectivity index (χ1n) is 10.6. The summed E-state index contributed by atoms with van der Waals surface area (Å²) in [6.07, 6.45) is 5.87. The van der Waals surface area contributed by atoms with E-state index in [-0.39, 0.29) is 11.3 Å². The van der Waals surface area contributed by atoms with Crippen molar-refractivity contribution in [3.8, 4) is 11.5 Å². The van der Waals surface area contributed by atoms with E-state index in [1.54, 1.807) is 75.3 Å². The molecule has 2 heterocycles. The lowest BCUT2D eigenvalue weighted by Gasteiger charge is -2.25. The third kappa shape index (κ3) is 4.45. The second-order valence-corrected chi connectivity index (χ2v) is 7.65. The van der Waals surface area contributed by atoms with E-state index >= 15 is 0 Å². The van der Waals surface area contributed by atoms with Crippen molar-refractivity contribution < 1.29 is 24.2 Å². The molecule has 33 heavy (non-hydrogen) atoms. The normalized spacial score (nSPS) is 17.4. The number of hydrogen-bond acceptors (Lipinski definition) is 6. The topological polar surface area (TPSA) is 93.9 Å². The summed E-state index contributed by atoms with van der Waals surface area (Å²) >= 11 is 0. The van der Waals surface area contributed by atoms with Gasteiger partial charge in [-0.2, -0.15) is 0 Å². The van der Waals surface area contributed by atoms with Gasteiger partial charge in [-0.05, 0) is 48.4 Å². The molecule has 0 radical (unpaired) electrons. The SMILES string of the molecule is COc1ccc(/C(O)=C2/C(=O)C(=O)N(CCCn3ccnc3)C2c2ccc(OC)cc2)cc1. The average Bonchev–Trinajstić information content (AvgIpc) is 3.46. The van der Waals surface area contributed by atoms with Crippen LogP contribution in [-0.4, -0.2) is 52.0 Å². The Morgan fingerprint density at radius 2 is 1.61 bits per heavy atom. The Hall–Kier alpha value is -4.07. The van der Waals surface area contributed by atoms with E-state index in [1.807, 2.05) is 10.8 Å². The number of rotatable bonds is 8. The minimum Gasteiger partial charge on any atom is -0.507 e. The standard InChI is InChI=1S/C25H25N3O5/c1-32-19-8-4-17(5-9-19)22-21(23(29)18-6-10-20(33-2)11-7-18)24(30)25(31)28(22)14-3-13-27-15-12-26-16-27/h4-12,15-16,22,29H,3,13-14H2,1-2H3/b23-21-. The van der Waals surface area contributed by atoms with Gasteiger partial charge >= 0.3 is 0 Å². The van der Waals surface area contributed by atoms with Crippen LogP contribution in [0.3, 0.4) is 0 Å². The molecule has 1 N–H and O–H groups in total. The fourth-order valence-corrected chi connectivity index (χ4v) is 3.99. The minimum atomic E-state index is -0.708. The number of hydrogen-bond donors (Lipinski definition) is 1. The summed E-state index contributed by atoms with van der Waals surface area (Å²) in [5.74, 6) is -0.263. The molecule has 1 aliphatic rings. The van der Waals surface area contributed by atoms with Crippen LogP contribution in [0.15, 0.2) is 72.8 Å². The van der Waals surface area contributed by atoms with Gasteiger partial charge in [0, 0.05) is 31.0 Å². The number of Topliss-reactive ketones (excluding diaryl/α,β-unsaturated/α-hetero) is 1. The van der Waals surface area contributed by atoms with Gasteiger partial charge in [-0.3, -0.25) is 9.59 Å². The highest BCUT2D eigenvalue weighted by Crippen LogP contribution is 2.40. The molecule has 1 aliphatic heterocycles. The number of carbonyl (C=O) groups excluding carboxylic acids is 2. The first-order valence-corrected chi connectivity index (χ1v) is 10.6. The lowest BCUT2D eigenvalue weighted by atomic mass is 9.95. The Morgan fingerprint density at radius 1 is 0.970 bits per heavy atom. The number of ether oxygens (including phenoxy) is 2. The first-order chi connectivity index (χ1) is 16.0. The molecule has 0 bridgehead atoms. The Kier molecular flexibility index (Phi) is 6.44. The Labute approximate surface area is 191 Å². The van der Waals surface area contributed by atoms with Crippen molar-refractivity contribution in [3.05, 3.63) is 84.0 Å². The van der Waals surface area contributed by atoms with Crippen LogP contribution in [0.25, 0.3) is 5.76 Å². The number of ketones is 1. The maximum atomic E-state index is 13.1. The molecule has 1 amide bonds. The molecule has 8 nitrogen and oxygen atoms in total. The number of aliphatic hydroxyl groups excluding tert-OH is 1. The van der Waals surface area contributed by atoms with Crippen molar-refractivity contribution in [2.45, 2.75) is 19.0 Å². The minimum absolute atomic E-state index is 0.0676. The highest BCUT2D eigenvalue weighted by atomic mass is 16.5. The van der Waals surface area contributed by atoms with Crippen molar-refractivity contribution in [3.63, 3.8) is 0 Å². The van der Waals surface area contributed by atoms with Crippen molar-refractivity contribution in [2.75, 3.05) is 20.8 Å². The monoisotopic (exact) mass is 447 g/mol. The Morgan fingerprint density at radius 3 is 2.18 bits per heavy atom. The molecule has 170 valence electrons. The van der Waals surface area contributed by atoms with Gasteiger partial charge in [0.05, 0.1) is 32.2 Å². The van der Waals surface area contributed by atoms with Crippen LogP contribution in [0, 0.1) is 0 Å². The smallest absolute Gasteiger partial charge is 0.295 e. The number of aliphatic hydroxyl groups is 1. The molecular weight excluding hydrogens is 422 g/mol. The highest BCUT2D eigenvalue weighted by Gasteiger charge is 2.45. The van der Waals surface area contributed by atoms with Gasteiger partial charge in [0.15, 0.2) is 0 Å². The van der Waals surface area contributed by atoms with E-state index in [0.29, 0.717) is 42.1 Å². The van der Waals surface area contributed by atoms with E-state index < -0.39 is 17.7 Å². The van der Waals surface area contributed by atoms with Crippen molar-refractivity contribution in [2.24, 2.45) is 0 Å². The number of benzene rings is 2. The lowest BCUT2D eigenvalue weighted by molar-refractivity contribution is -0.139. The van der Waals surface area contributed by atoms with E-state index in [0.717, 1.165) is 0 Å². The number of imidazole rings is 1. The molecule has 3 aromatic rings. The van der Waals surface area contributed by atoms with Crippen LogP contribution in [0.5, 0.6) is 11.5 Å². The first kappa shape index (κ1) is 22.1. The molecule has 0 saturated carbocycles. The average molecular weight is 447 g/mol. The van der Waals surface area contributed by atoms with E-state index in [4.69, 9.17) is 9.47 Å². The van der Waals surface area contributed by atoms with Crippen molar-refractivity contribution in [1.82, 2.24) is 14.5 Å². The van der Waals surface area contributed by atoms with Crippen LogP contribution in [0.1, 0.15) is 23.6 Å². The number of aryl methyl sites for hydroxylation is 1. The van der Waals surface area contributed by atoms with Crippen LogP contribution >= 0.6 is 0 Å². The maximum Gasteiger partial charge on any atom is 0.295 e. The summed E-state index contributed by atoms with van der Waals surface area (Å²) in [6, 6.07) is 13.1. The molecule has 1 aromatic heterocycles. The maximum absolute atomic E-state index is 13.1. The zero-order valence-corrected chi connectivity index (χ0v) is 18.5. The summed E-state index contributed by atoms with van der Waals surface area (Å²) < 4.78 is 12.3. The summed E-state index contributed by atoms with van der Waals surface area (Å²) in [7, 11) is 3.12. The fraction of sp³-hybridized carbons (Fsp3) is 0.240. The van der Waals surface area contributed by atoms with Gasteiger partial charge < -0.3 is 24.0 Å². The number of likely N-dealkylation sites (tertiary alicyclic amines) is 1.